The van der Waals surface area contributed by atoms with E-state index in [0.29, 0.717) is 27.8 Å². The number of halogens is 2. The summed E-state index contributed by atoms with van der Waals surface area (Å²) in [7, 11) is 0. The molecule has 0 radical (unpaired) electrons. The molecule has 0 amide bonds. The summed E-state index contributed by atoms with van der Waals surface area (Å²) in [4.78, 5) is 0. The Morgan fingerprint density at radius 2 is 1.53 bits per heavy atom. The van der Waals surface area contributed by atoms with Gasteiger partial charge >= 0.3 is 0 Å². The lowest BCUT2D eigenvalue weighted by atomic mass is 10.0. The minimum Gasteiger partial charge on any atom is -0.398 e. The van der Waals surface area contributed by atoms with Crippen LogP contribution >= 0.6 is 23.2 Å². The van der Waals surface area contributed by atoms with Gasteiger partial charge < -0.3 is 11.5 Å². The van der Waals surface area contributed by atoms with Gasteiger partial charge in [0.05, 0.1) is 10.7 Å². The van der Waals surface area contributed by atoms with E-state index in [0.717, 1.165) is 11.1 Å². The van der Waals surface area contributed by atoms with Gasteiger partial charge in [-0.1, -0.05) is 41.4 Å². The highest BCUT2D eigenvalue weighted by molar-refractivity contribution is 6.34. The highest BCUT2D eigenvalue weighted by Gasteiger charge is 2.09. The molecule has 0 atom stereocenters. The number of anilines is 2. The van der Waals surface area contributed by atoms with Crippen LogP contribution in [0.15, 0.2) is 36.4 Å². The zero-order valence-electron chi connectivity index (χ0n) is 9.08. The van der Waals surface area contributed by atoms with E-state index in [-0.39, 0.29) is 0 Å². The van der Waals surface area contributed by atoms with Crippen LogP contribution in [-0.4, -0.2) is 0 Å². The Balaban J connectivity index is 2.42. The smallest absolute Gasteiger partial charge is 0.0670 e. The summed E-state index contributed by atoms with van der Waals surface area (Å²) < 4.78 is 0. The van der Waals surface area contributed by atoms with Gasteiger partial charge in [-0.3, -0.25) is 0 Å². The summed E-state index contributed by atoms with van der Waals surface area (Å²) in [6.45, 7) is 0. The Kier molecular flexibility index (Phi) is 3.46. The molecule has 17 heavy (non-hydrogen) atoms. The van der Waals surface area contributed by atoms with Gasteiger partial charge in [-0.05, 0) is 29.3 Å². The van der Waals surface area contributed by atoms with Crippen LogP contribution in [0.5, 0.6) is 0 Å². The van der Waals surface area contributed by atoms with E-state index in [1.807, 2.05) is 30.3 Å². The lowest BCUT2D eigenvalue weighted by Crippen LogP contribution is -1.98. The molecule has 0 unspecified atom stereocenters. The predicted molar refractivity (Wildman–Crippen MR) is 74.5 cm³/mol. The molecule has 0 aliphatic heterocycles. The molecule has 0 aliphatic carbocycles. The molecular weight excluding hydrogens is 255 g/mol. The molecule has 0 aromatic heterocycles. The fraction of sp³-hybridized carbons (Fsp3) is 0.0769. The normalized spacial score (nSPS) is 10.5. The quantitative estimate of drug-likeness (QED) is 0.814. The number of nitrogens with two attached hydrogens (primary N) is 2. The van der Waals surface area contributed by atoms with E-state index >= 15 is 0 Å². The van der Waals surface area contributed by atoms with Crippen molar-refractivity contribution >= 4 is 34.6 Å². The van der Waals surface area contributed by atoms with Crippen molar-refractivity contribution in [3.05, 3.63) is 57.6 Å². The van der Waals surface area contributed by atoms with Gasteiger partial charge in [-0.15, -0.1) is 0 Å². The Morgan fingerprint density at radius 3 is 2.24 bits per heavy atom. The van der Waals surface area contributed by atoms with E-state index in [1.54, 1.807) is 6.07 Å². The Hall–Kier alpha value is -1.38. The Bertz CT molecular complexity index is 533. The fourth-order valence-electron chi connectivity index (χ4n) is 1.69. The topological polar surface area (TPSA) is 52.0 Å². The lowest BCUT2D eigenvalue weighted by Gasteiger charge is -2.10. The lowest BCUT2D eigenvalue weighted by molar-refractivity contribution is 1.20. The first-order valence-corrected chi connectivity index (χ1v) is 5.91. The van der Waals surface area contributed by atoms with Crippen LogP contribution in [0.2, 0.25) is 10.0 Å². The second-order valence-corrected chi connectivity index (χ2v) is 4.59. The van der Waals surface area contributed by atoms with Crippen LogP contribution in [-0.2, 0) is 6.42 Å². The van der Waals surface area contributed by atoms with Crippen molar-refractivity contribution < 1.29 is 0 Å². The number of nitrogen functional groups attached to an aromatic ring is 2. The minimum absolute atomic E-state index is 0.562. The largest absolute Gasteiger partial charge is 0.398 e. The zero-order chi connectivity index (χ0) is 12.4. The molecule has 0 fully saturated rings. The summed E-state index contributed by atoms with van der Waals surface area (Å²) in [6.07, 6.45) is 0.579. The maximum Gasteiger partial charge on any atom is 0.0670 e. The summed E-state index contributed by atoms with van der Waals surface area (Å²) in [6, 6.07) is 11.0. The zero-order valence-corrected chi connectivity index (χ0v) is 10.6. The molecule has 0 saturated heterocycles. The maximum atomic E-state index is 6.14. The van der Waals surface area contributed by atoms with E-state index in [4.69, 9.17) is 34.7 Å². The fourth-order valence-corrected chi connectivity index (χ4v) is 2.13. The van der Waals surface area contributed by atoms with Crippen molar-refractivity contribution in [3.8, 4) is 0 Å². The van der Waals surface area contributed by atoms with Crippen molar-refractivity contribution in [2.45, 2.75) is 6.42 Å². The molecular formula is C13H12Cl2N2. The van der Waals surface area contributed by atoms with Crippen LogP contribution in [0.25, 0.3) is 0 Å². The molecule has 0 saturated carbocycles. The summed E-state index contributed by atoms with van der Waals surface area (Å²) in [5.41, 5.74) is 14.7. The summed E-state index contributed by atoms with van der Waals surface area (Å²) in [5, 5.41) is 1.20. The van der Waals surface area contributed by atoms with Crippen molar-refractivity contribution in [1.29, 1.82) is 0 Å². The van der Waals surface area contributed by atoms with Crippen LogP contribution in [0.4, 0.5) is 11.4 Å². The standard InChI is InChI=1S/C13H12Cl2N2/c14-10-4-2-5-11(16)9(10)7-8-3-1-6-12(17)13(8)15/h1-6H,7,16-17H2. The molecule has 4 heteroatoms. The van der Waals surface area contributed by atoms with Gasteiger partial charge in [0.1, 0.15) is 0 Å². The van der Waals surface area contributed by atoms with Gasteiger partial charge in [-0.2, -0.15) is 0 Å². The third-order valence-corrected chi connectivity index (χ3v) is 3.45. The predicted octanol–water partition coefficient (Wildman–Crippen LogP) is 3.75. The van der Waals surface area contributed by atoms with Crippen LogP contribution in [0, 0.1) is 0 Å². The minimum atomic E-state index is 0.562. The second-order valence-electron chi connectivity index (χ2n) is 3.80. The molecule has 0 bridgehead atoms. The van der Waals surface area contributed by atoms with Gasteiger partial charge in [0.15, 0.2) is 0 Å². The molecule has 2 nitrogen and oxygen atoms in total. The second kappa shape index (κ2) is 4.86. The third kappa shape index (κ3) is 2.48. The first-order valence-electron chi connectivity index (χ1n) is 5.15. The average molecular weight is 267 g/mol. The van der Waals surface area contributed by atoms with Crippen LogP contribution in [0.3, 0.4) is 0 Å². The van der Waals surface area contributed by atoms with Crippen molar-refractivity contribution in [2.24, 2.45) is 0 Å². The number of rotatable bonds is 2. The average Bonchev–Trinajstić information content (AvgIpc) is 2.29. The number of hydrogen-bond donors (Lipinski definition) is 2. The number of benzene rings is 2. The van der Waals surface area contributed by atoms with E-state index in [9.17, 15) is 0 Å². The molecule has 2 rings (SSSR count). The molecule has 2 aromatic rings. The molecule has 88 valence electrons. The summed E-state index contributed by atoms with van der Waals surface area (Å²) >= 11 is 12.3. The monoisotopic (exact) mass is 266 g/mol. The van der Waals surface area contributed by atoms with Gasteiger partial charge in [0.25, 0.3) is 0 Å². The Morgan fingerprint density at radius 1 is 0.882 bits per heavy atom. The van der Waals surface area contributed by atoms with Gasteiger partial charge in [0, 0.05) is 17.1 Å². The van der Waals surface area contributed by atoms with Gasteiger partial charge in [0.2, 0.25) is 0 Å². The third-order valence-electron chi connectivity index (χ3n) is 2.63. The van der Waals surface area contributed by atoms with Crippen LogP contribution in [0.1, 0.15) is 11.1 Å². The molecule has 0 spiro atoms. The summed E-state index contributed by atoms with van der Waals surface area (Å²) in [5.74, 6) is 0. The van der Waals surface area contributed by atoms with Crippen molar-refractivity contribution in [1.82, 2.24) is 0 Å². The molecule has 4 N–H and O–H groups in total. The molecule has 0 heterocycles. The van der Waals surface area contributed by atoms with Crippen molar-refractivity contribution in [3.63, 3.8) is 0 Å². The van der Waals surface area contributed by atoms with Crippen LogP contribution < -0.4 is 11.5 Å². The molecule has 0 aliphatic rings. The van der Waals surface area contributed by atoms with Gasteiger partial charge in [-0.25, -0.2) is 0 Å². The van der Waals surface area contributed by atoms with Crippen molar-refractivity contribution in [2.75, 3.05) is 11.5 Å². The Labute approximate surface area is 110 Å². The maximum absolute atomic E-state index is 6.14. The van der Waals surface area contributed by atoms with E-state index in [1.165, 1.54) is 0 Å². The number of hydrogen-bond acceptors (Lipinski definition) is 2. The van der Waals surface area contributed by atoms with E-state index < -0.39 is 0 Å². The SMILES string of the molecule is Nc1cccc(Cc2c(N)cccc2Cl)c1Cl. The first kappa shape index (κ1) is 12.1. The highest BCUT2D eigenvalue weighted by atomic mass is 35.5. The van der Waals surface area contributed by atoms with E-state index in [2.05, 4.69) is 0 Å². The molecule has 2 aromatic carbocycles. The first-order chi connectivity index (χ1) is 8.09. The highest BCUT2D eigenvalue weighted by Crippen LogP contribution is 2.30.